The summed E-state index contributed by atoms with van der Waals surface area (Å²) in [7, 11) is -3.64. The molecule has 0 N–H and O–H groups in total. The number of fused-ring (bicyclic) bond motifs is 1. The molecule has 0 aliphatic carbocycles. The Morgan fingerprint density at radius 3 is 2.42 bits per heavy atom. The van der Waals surface area contributed by atoms with Gasteiger partial charge in [0, 0.05) is 17.6 Å². The van der Waals surface area contributed by atoms with Crippen LogP contribution in [0.1, 0.15) is 23.2 Å². The van der Waals surface area contributed by atoms with Crippen LogP contribution >= 0.6 is 22.9 Å². The van der Waals surface area contributed by atoms with E-state index in [9.17, 15) is 13.2 Å². The van der Waals surface area contributed by atoms with Gasteiger partial charge < -0.3 is 0 Å². The van der Waals surface area contributed by atoms with E-state index in [4.69, 9.17) is 16.6 Å². The highest BCUT2D eigenvalue weighted by atomic mass is 35.5. The highest BCUT2D eigenvalue weighted by molar-refractivity contribution is 7.91. The first kappa shape index (κ1) is 23.4. The average Bonchev–Trinajstić information content (AvgIpc) is 3.26. The minimum Gasteiger partial charge on any atom is -0.282 e. The zero-order valence-corrected chi connectivity index (χ0v) is 20.5. The summed E-state index contributed by atoms with van der Waals surface area (Å²) < 4.78 is 26.5. The highest BCUT2D eigenvalue weighted by Gasteiger charge is 2.24. The van der Waals surface area contributed by atoms with Gasteiger partial charge in [-0.1, -0.05) is 41.1 Å². The van der Waals surface area contributed by atoms with Crippen LogP contribution < -0.4 is 4.90 Å². The molecule has 0 bridgehead atoms. The van der Waals surface area contributed by atoms with E-state index in [2.05, 4.69) is 4.98 Å². The fourth-order valence-electron chi connectivity index (χ4n) is 3.40. The van der Waals surface area contributed by atoms with Gasteiger partial charge in [0.2, 0.25) is 5.91 Å². The number of carbonyl (C=O) groups excluding carboxylic acids is 1. The Hall–Kier alpha value is -2.81. The van der Waals surface area contributed by atoms with Gasteiger partial charge in [0.05, 0.1) is 33.1 Å². The summed E-state index contributed by atoms with van der Waals surface area (Å²) in [4.78, 5) is 24.0. The predicted octanol–water partition coefficient (Wildman–Crippen LogP) is 5.36. The van der Waals surface area contributed by atoms with Crippen LogP contribution in [0.15, 0.2) is 65.7 Å². The summed E-state index contributed by atoms with van der Waals surface area (Å²) in [5, 5.41) is 0.981. The van der Waals surface area contributed by atoms with Crippen molar-refractivity contribution in [2.24, 2.45) is 0 Å². The molecule has 0 unspecified atom stereocenters. The highest BCUT2D eigenvalue weighted by Crippen LogP contribution is 2.34. The summed E-state index contributed by atoms with van der Waals surface area (Å²) in [5.41, 5.74) is 3.64. The van der Waals surface area contributed by atoms with Crippen LogP contribution in [0.3, 0.4) is 0 Å². The number of anilines is 1. The summed E-state index contributed by atoms with van der Waals surface area (Å²) in [6, 6.07) is 15.5. The van der Waals surface area contributed by atoms with Crippen LogP contribution in [0, 0.1) is 13.8 Å². The minimum absolute atomic E-state index is 0.141. The van der Waals surface area contributed by atoms with Gasteiger partial charge >= 0.3 is 0 Å². The van der Waals surface area contributed by atoms with Crippen molar-refractivity contribution in [1.29, 1.82) is 0 Å². The Morgan fingerprint density at radius 2 is 1.76 bits per heavy atom. The summed E-state index contributed by atoms with van der Waals surface area (Å²) in [6.45, 7) is 4.20. The lowest BCUT2D eigenvalue weighted by Crippen LogP contribution is -2.32. The maximum absolute atomic E-state index is 13.3. The average molecular weight is 500 g/mol. The number of thiazole rings is 1. The lowest BCUT2D eigenvalue weighted by molar-refractivity contribution is -0.118. The SMILES string of the molecule is Cc1ccc(C)c2sc(N(Cc3ccccn3)C(=O)CCS(=O)(=O)c3ccc(Cl)cc3)nc12. The number of nitrogens with zero attached hydrogens (tertiary/aromatic N) is 3. The molecule has 4 rings (SSSR count). The number of amides is 1. The molecule has 0 saturated carbocycles. The first-order valence-electron chi connectivity index (χ1n) is 10.3. The van der Waals surface area contributed by atoms with E-state index in [0.29, 0.717) is 15.8 Å². The molecule has 9 heteroatoms. The molecule has 1 amide bonds. The van der Waals surface area contributed by atoms with Crippen LogP contribution in [-0.4, -0.2) is 30.0 Å². The number of pyridine rings is 1. The van der Waals surface area contributed by atoms with Crippen LogP contribution in [0.4, 0.5) is 5.13 Å². The molecule has 0 aliphatic rings. The molecule has 2 aromatic carbocycles. The summed E-state index contributed by atoms with van der Waals surface area (Å²) in [5.74, 6) is -0.637. The lowest BCUT2D eigenvalue weighted by atomic mass is 10.1. The molecule has 0 fully saturated rings. The van der Waals surface area contributed by atoms with Crippen molar-refractivity contribution in [3.63, 3.8) is 0 Å². The Labute approximate surface area is 201 Å². The van der Waals surface area contributed by atoms with Gasteiger partial charge in [-0.2, -0.15) is 0 Å². The number of benzene rings is 2. The Balaban J connectivity index is 1.63. The second-order valence-corrected chi connectivity index (χ2v) is 11.2. The summed E-state index contributed by atoms with van der Waals surface area (Å²) in [6.07, 6.45) is 1.49. The van der Waals surface area contributed by atoms with E-state index < -0.39 is 9.84 Å². The van der Waals surface area contributed by atoms with Crippen LogP contribution in [0.2, 0.25) is 5.02 Å². The van der Waals surface area contributed by atoms with E-state index in [1.54, 1.807) is 12.3 Å². The topological polar surface area (TPSA) is 80.2 Å². The second-order valence-electron chi connectivity index (χ2n) is 7.70. The molecular formula is C24H22ClN3O3S2. The van der Waals surface area contributed by atoms with Gasteiger partial charge in [-0.05, 0) is 61.4 Å². The van der Waals surface area contributed by atoms with E-state index in [1.165, 1.54) is 40.5 Å². The molecule has 33 heavy (non-hydrogen) atoms. The van der Waals surface area contributed by atoms with Crippen molar-refractivity contribution in [1.82, 2.24) is 9.97 Å². The Bertz CT molecular complexity index is 1360. The van der Waals surface area contributed by atoms with Gasteiger partial charge in [0.25, 0.3) is 0 Å². The van der Waals surface area contributed by atoms with Crippen molar-refractivity contribution in [3.05, 3.63) is 82.6 Å². The fraction of sp³-hybridized carbons (Fsp3) is 0.208. The van der Waals surface area contributed by atoms with Crippen LogP contribution in [0.25, 0.3) is 10.2 Å². The Kier molecular flexibility index (Phi) is 6.78. The van der Waals surface area contributed by atoms with E-state index in [-0.39, 0.29) is 29.5 Å². The molecule has 4 aromatic rings. The van der Waals surface area contributed by atoms with Crippen molar-refractivity contribution in [2.75, 3.05) is 10.7 Å². The molecule has 0 saturated heterocycles. The van der Waals surface area contributed by atoms with Crippen molar-refractivity contribution in [3.8, 4) is 0 Å². The number of hydrogen-bond donors (Lipinski definition) is 0. The van der Waals surface area contributed by atoms with Gasteiger partial charge in [0.1, 0.15) is 0 Å². The number of hydrogen-bond acceptors (Lipinski definition) is 6. The molecule has 0 aliphatic heterocycles. The third-order valence-electron chi connectivity index (χ3n) is 5.27. The van der Waals surface area contributed by atoms with E-state index >= 15 is 0 Å². The van der Waals surface area contributed by atoms with Crippen molar-refractivity contribution < 1.29 is 13.2 Å². The zero-order chi connectivity index (χ0) is 23.6. The third-order valence-corrected chi connectivity index (χ3v) is 8.46. The number of carbonyl (C=O) groups is 1. The second kappa shape index (κ2) is 9.59. The predicted molar refractivity (Wildman–Crippen MR) is 133 cm³/mol. The molecular weight excluding hydrogens is 478 g/mol. The molecule has 0 spiro atoms. The largest absolute Gasteiger partial charge is 0.282 e. The minimum atomic E-state index is -3.64. The smallest absolute Gasteiger partial charge is 0.230 e. The standard InChI is InChI=1S/C24H22ClN3O3S2/c1-16-6-7-17(2)23-22(16)27-24(32-23)28(15-19-5-3-4-13-26-19)21(29)12-14-33(30,31)20-10-8-18(25)9-11-20/h3-11,13H,12,14-15H2,1-2H3. The molecule has 2 heterocycles. The van der Waals surface area contributed by atoms with Crippen molar-refractivity contribution in [2.45, 2.75) is 31.7 Å². The number of halogens is 1. The zero-order valence-electron chi connectivity index (χ0n) is 18.2. The first-order chi connectivity index (χ1) is 15.7. The number of sulfone groups is 1. The van der Waals surface area contributed by atoms with Crippen LogP contribution in [-0.2, 0) is 21.2 Å². The van der Waals surface area contributed by atoms with Gasteiger partial charge in [-0.15, -0.1) is 0 Å². The molecule has 170 valence electrons. The normalized spacial score (nSPS) is 11.6. The third kappa shape index (κ3) is 5.24. The number of rotatable bonds is 7. The molecule has 2 aromatic heterocycles. The fourth-order valence-corrected chi connectivity index (χ4v) is 5.88. The quantitative estimate of drug-likeness (QED) is 0.342. The van der Waals surface area contributed by atoms with Crippen molar-refractivity contribution >= 4 is 54.0 Å². The summed E-state index contributed by atoms with van der Waals surface area (Å²) >= 11 is 7.29. The first-order valence-corrected chi connectivity index (χ1v) is 13.1. The maximum atomic E-state index is 13.3. The number of aryl methyl sites for hydroxylation is 2. The Morgan fingerprint density at radius 1 is 1.03 bits per heavy atom. The van der Waals surface area contributed by atoms with E-state index in [0.717, 1.165) is 21.3 Å². The van der Waals surface area contributed by atoms with E-state index in [1.807, 2.05) is 38.1 Å². The molecule has 0 atom stereocenters. The van der Waals surface area contributed by atoms with Gasteiger partial charge in [-0.3, -0.25) is 14.7 Å². The maximum Gasteiger partial charge on any atom is 0.230 e. The molecule has 6 nitrogen and oxygen atoms in total. The molecule has 0 radical (unpaired) electrons. The monoisotopic (exact) mass is 499 g/mol. The van der Waals surface area contributed by atoms with Gasteiger partial charge in [-0.25, -0.2) is 13.4 Å². The number of aromatic nitrogens is 2. The van der Waals surface area contributed by atoms with Crippen LogP contribution in [0.5, 0.6) is 0 Å². The lowest BCUT2D eigenvalue weighted by Gasteiger charge is -2.19. The van der Waals surface area contributed by atoms with Gasteiger partial charge in [0.15, 0.2) is 15.0 Å².